The molecule has 0 aliphatic heterocycles. The van der Waals surface area contributed by atoms with Crippen molar-refractivity contribution in [3.63, 3.8) is 0 Å². The minimum absolute atomic E-state index is 0.217. The predicted molar refractivity (Wildman–Crippen MR) is 84.7 cm³/mol. The van der Waals surface area contributed by atoms with Crippen LogP contribution in [0.4, 0.5) is 0 Å². The van der Waals surface area contributed by atoms with Gasteiger partial charge in [-0.25, -0.2) is 5.10 Å². The van der Waals surface area contributed by atoms with Crippen LogP contribution in [0.25, 0.3) is 16.3 Å². The quantitative estimate of drug-likeness (QED) is 0.822. The second-order valence-electron chi connectivity index (χ2n) is 4.46. The summed E-state index contributed by atoms with van der Waals surface area (Å²) in [6.07, 6.45) is 5.24. The van der Waals surface area contributed by atoms with Crippen molar-refractivity contribution in [2.75, 3.05) is 13.7 Å². The third-order valence-corrected chi connectivity index (χ3v) is 2.96. The van der Waals surface area contributed by atoms with Gasteiger partial charge in [0.15, 0.2) is 0 Å². The van der Waals surface area contributed by atoms with Crippen LogP contribution in [-0.2, 0) is 4.74 Å². The molecule has 5 nitrogen and oxygen atoms in total. The molecule has 3 N–H and O–H groups in total. The first-order chi connectivity index (χ1) is 10.1. The molecule has 0 spiro atoms. The predicted octanol–water partition coefficient (Wildman–Crippen LogP) is 1.98. The number of allylic oxidation sites excluding steroid dienone is 3. The number of benzene rings is 1. The lowest BCUT2D eigenvalue weighted by Gasteiger charge is -2.04. The van der Waals surface area contributed by atoms with Gasteiger partial charge in [-0.2, -0.15) is 5.10 Å². The Kier molecular flexibility index (Phi) is 4.68. The van der Waals surface area contributed by atoms with Gasteiger partial charge >= 0.3 is 0 Å². The molecule has 0 atom stereocenters. The van der Waals surface area contributed by atoms with E-state index in [1.807, 2.05) is 18.2 Å². The molecule has 0 saturated heterocycles. The average molecular weight is 283 g/mol. The van der Waals surface area contributed by atoms with Crippen LogP contribution in [-0.4, -0.2) is 23.9 Å². The summed E-state index contributed by atoms with van der Waals surface area (Å²) in [5.41, 5.74) is 7.45. The van der Waals surface area contributed by atoms with E-state index in [2.05, 4.69) is 16.8 Å². The molecule has 2 aromatic rings. The highest BCUT2D eigenvalue weighted by atomic mass is 16.5. The lowest BCUT2D eigenvalue weighted by Crippen LogP contribution is -2.10. The third-order valence-electron chi connectivity index (χ3n) is 2.96. The molecule has 21 heavy (non-hydrogen) atoms. The molecular formula is C16H17N3O2. The molecule has 0 radical (unpaired) electrons. The van der Waals surface area contributed by atoms with Gasteiger partial charge in [0.1, 0.15) is 0 Å². The van der Waals surface area contributed by atoms with Crippen molar-refractivity contribution in [1.82, 2.24) is 10.2 Å². The van der Waals surface area contributed by atoms with E-state index in [9.17, 15) is 4.79 Å². The van der Waals surface area contributed by atoms with Crippen LogP contribution >= 0.6 is 0 Å². The number of hydrogen-bond donors (Lipinski definition) is 2. The Labute approximate surface area is 122 Å². The number of nitrogens with zero attached hydrogens (tertiary/aromatic N) is 1. The molecule has 0 fully saturated rings. The highest BCUT2D eigenvalue weighted by molar-refractivity contribution is 5.92. The van der Waals surface area contributed by atoms with Crippen LogP contribution in [0.3, 0.4) is 0 Å². The number of nitrogens with two attached hydrogens (primary N) is 1. The van der Waals surface area contributed by atoms with Crippen molar-refractivity contribution in [2.24, 2.45) is 5.73 Å². The van der Waals surface area contributed by atoms with Crippen LogP contribution in [0.2, 0.25) is 0 Å². The maximum atomic E-state index is 11.7. The van der Waals surface area contributed by atoms with Crippen LogP contribution in [0.5, 0.6) is 0 Å². The van der Waals surface area contributed by atoms with Crippen LogP contribution in [0.1, 0.15) is 5.69 Å². The second-order valence-corrected chi connectivity index (χ2v) is 4.46. The molecule has 0 aliphatic carbocycles. The number of hydrogen-bond acceptors (Lipinski definition) is 4. The fraction of sp³-hybridized carbons (Fsp3) is 0.125. The number of fused-ring (bicyclic) bond motifs is 1. The number of rotatable bonds is 5. The molecule has 1 heterocycles. The lowest BCUT2D eigenvalue weighted by atomic mass is 10.1. The van der Waals surface area contributed by atoms with Crippen LogP contribution in [0.15, 0.2) is 59.6 Å². The largest absolute Gasteiger partial charge is 0.399 e. The van der Waals surface area contributed by atoms with E-state index in [0.717, 1.165) is 5.39 Å². The van der Waals surface area contributed by atoms with E-state index < -0.39 is 0 Å². The number of H-pyrrole nitrogens is 1. The van der Waals surface area contributed by atoms with Crippen molar-refractivity contribution in [2.45, 2.75) is 0 Å². The Hall–Kier alpha value is -2.66. The summed E-state index contributed by atoms with van der Waals surface area (Å²) in [5.74, 6) is 0. The summed E-state index contributed by atoms with van der Waals surface area (Å²) in [6.45, 7) is 4.42. The molecule has 0 unspecified atom stereocenters. The average Bonchev–Trinajstić information content (AvgIpc) is 2.51. The topological polar surface area (TPSA) is 81.0 Å². The molecule has 0 bridgehead atoms. The summed E-state index contributed by atoms with van der Waals surface area (Å²) in [6, 6.07) is 7.27. The van der Waals surface area contributed by atoms with Crippen LogP contribution < -0.4 is 11.3 Å². The fourth-order valence-corrected chi connectivity index (χ4v) is 1.88. The van der Waals surface area contributed by atoms with Crippen molar-refractivity contribution < 1.29 is 4.74 Å². The van der Waals surface area contributed by atoms with E-state index >= 15 is 0 Å². The van der Waals surface area contributed by atoms with Crippen molar-refractivity contribution >= 4 is 16.3 Å². The van der Waals surface area contributed by atoms with E-state index in [1.54, 1.807) is 31.4 Å². The zero-order valence-corrected chi connectivity index (χ0v) is 11.8. The molecule has 2 rings (SSSR count). The van der Waals surface area contributed by atoms with Gasteiger partial charge in [0.05, 0.1) is 17.7 Å². The van der Waals surface area contributed by atoms with Gasteiger partial charge in [-0.1, -0.05) is 30.9 Å². The standard InChI is InChI=1S/C16H17N3O2/c1-11(7-8-12(17)9-10-21-2)15-13-5-3-4-6-14(13)16(20)19-18-15/h3-9H,1,10,17H2,2H3,(H,19,20)/b8-7-,12-9+. The van der Waals surface area contributed by atoms with Gasteiger partial charge in [0, 0.05) is 18.2 Å². The van der Waals surface area contributed by atoms with Crippen molar-refractivity contribution in [1.29, 1.82) is 0 Å². The summed E-state index contributed by atoms with van der Waals surface area (Å²) < 4.78 is 4.91. The molecule has 0 saturated carbocycles. The zero-order chi connectivity index (χ0) is 15.2. The molecular weight excluding hydrogens is 266 g/mol. The van der Waals surface area contributed by atoms with Gasteiger partial charge in [0.25, 0.3) is 5.56 Å². The minimum atomic E-state index is -0.217. The normalized spacial score (nSPS) is 12.1. The van der Waals surface area contributed by atoms with Gasteiger partial charge in [-0.3, -0.25) is 4.79 Å². The Bertz CT molecular complexity index is 772. The molecule has 5 heteroatoms. The van der Waals surface area contributed by atoms with Gasteiger partial charge < -0.3 is 10.5 Å². The Morgan fingerprint density at radius 3 is 2.81 bits per heavy atom. The van der Waals surface area contributed by atoms with Crippen molar-refractivity contribution in [3.8, 4) is 0 Å². The Morgan fingerprint density at radius 2 is 2.10 bits per heavy atom. The summed E-state index contributed by atoms with van der Waals surface area (Å²) in [7, 11) is 1.60. The molecule has 1 aromatic heterocycles. The summed E-state index contributed by atoms with van der Waals surface area (Å²) in [4.78, 5) is 11.7. The molecule has 0 amide bonds. The van der Waals surface area contributed by atoms with Crippen LogP contribution in [0, 0.1) is 0 Å². The van der Waals surface area contributed by atoms with Gasteiger partial charge in [-0.15, -0.1) is 0 Å². The zero-order valence-electron chi connectivity index (χ0n) is 11.8. The number of ether oxygens (including phenoxy) is 1. The number of nitrogens with one attached hydrogen (secondary N) is 1. The maximum absolute atomic E-state index is 11.7. The smallest absolute Gasteiger partial charge is 0.272 e. The fourth-order valence-electron chi connectivity index (χ4n) is 1.88. The first-order valence-corrected chi connectivity index (χ1v) is 6.43. The van der Waals surface area contributed by atoms with E-state index in [0.29, 0.717) is 29.0 Å². The number of aromatic nitrogens is 2. The molecule has 0 aliphatic rings. The lowest BCUT2D eigenvalue weighted by molar-refractivity contribution is 0.233. The summed E-state index contributed by atoms with van der Waals surface area (Å²) >= 11 is 0. The SMILES string of the molecule is C=C(/C=C\C(N)=C/COC)c1n[nH]c(=O)c2ccccc12. The van der Waals surface area contributed by atoms with Crippen molar-refractivity contribution in [3.05, 3.63) is 70.8 Å². The number of methoxy groups -OCH3 is 1. The third kappa shape index (κ3) is 3.46. The second kappa shape index (κ2) is 6.67. The minimum Gasteiger partial charge on any atom is -0.399 e. The Balaban J connectivity index is 2.35. The van der Waals surface area contributed by atoms with E-state index in [1.165, 1.54) is 0 Å². The van der Waals surface area contributed by atoms with E-state index in [-0.39, 0.29) is 5.56 Å². The summed E-state index contributed by atoms with van der Waals surface area (Å²) in [5, 5.41) is 7.90. The highest BCUT2D eigenvalue weighted by Gasteiger charge is 2.06. The maximum Gasteiger partial charge on any atom is 0.272 e. The van der Waals surface area contributed by atoms with Gasteiger partial charge in [-0.05, 0) is 23.8 Å². The monoisotopic (exact) mass is 283 g/mol. The first kappa shape index (κ1) is 14.7. The Morgan fingerprint density at radius 1 is 1.38 bits per heavy atom. The highest BCUT2D eigenvalue weighted by Crippen LogP contribution is 2.19. The van der Waals surface area contributed by atoms with E-state index in [4.69, 9.17) is 10.5 Å². The first-order valence-electron chi connectivity index (χ1n) is 6.43. The molecule has 1 aromatic carbocycles. The molecule has 108 valence electrons. The van der Waals surface area contributed by atoms with Gasteiger partial charge in [0.2, 0.25) is 0 Å². The number of aromatic amines is 1.